The molecule has 0 aliphatic rings. The van der Waals surface area contributed by atoms with Gasteiger partial charge in [0.05, 0.1) is 56.1 Å². The number of carbonyl (C=O) groups excluding carboxylic acids is 1. The predicted octanol–water partition coefficient (Wildman–Crippen LogP) is 4.02. The quantitative estimate of drug-likeness (QED) is 0.235. The van der Waals surface area contributed by atoms with Gasteiger partial charge in [-0.2, -0.15) is 0 Å². The number of hydrogen-bond acceptors (Lipinski definition) is 9. The van der Waals surface area contributed by atoms with Crippen LogP contribution in [0.3, 0.4) is 0 Å². The molecule has 0 saturated heterocycles. The molecule has 0 heterocycles. The summed E-state index contributed by atoms with van der Waals surface area (Å²) in [7, 11) is 4.65. The molecule has 0 bridgehead atoms. The minimum absolute atomic E-state index is 0.164. The summed E-state index contributed by atoms with van der Waals surface area (Å²) in [5, 5.41) is 1.54. The number of nitrogens with two attached hydrogens (primary N) is 2. The summed E-state index contributed by atoms with van der Waals surface area (Å²) in [6, 6.07) is 12.9. The van der Waals surface area contributed by atoms with Crippen LogP contribution in [0.25, 0.3) is 6.08 Å². The SMILES string of the molecule is COc1cc(OC)c(C=CS(=O)Cc2ccc(OC)c(OC(=O)c3cc(N)cc(N)c3)c2)c(OC)c1. The molecular formula is C26H28N2O7S. The van der Waals surface area contributed by atoms with E-state index in [9.17, 15) is 9.00 Å². The second kappa shape index (κ2) is 12.0. The second-order valence-electron chi connectivity index (χ2n) is 7.54. The molecule has 0 aliphatic carbocycles. The van der Waals surface area contributed by atoms with Gasteiger partial charge in [0.1, 0.15) is 17.2 Å². The normalized spacial score (nSPS) is 11.7. The van der Waals surface area contributed by atoms with Gasteiger partial charge < -0.3 is 35.2 Å². The number of benzene rings is 3. The van der Waals surface area contributed by atoms with E-state index < -0.39 is 16.8 Å². The maximum Gasteiger partial charge on any atom is 0.343 e. The Kier molecular flexibility index (Phi) is 8.80. The van der Waals surface area contributed by atoms with E-state index in [1.165, 1.54) is 44.9 Å². The van der Waals surface area contributed by atoms with E-state index in [0.717, 1.165) is 0 Å². The molecule has 0 amide bonds. The van der Waals surface area contributed by atoms with Crippen molar-refractivity contribution in [2.75, 3.05) is 39.9 Å². The molecule has 9 nitrogen and oxygen atoms in total. The maximum absolute atomic E-state index is 12.8. The number of carbonyl (C=O) groups is 1. The standard InChI is InChI=1S/C26H28N2O7S/c1-31-20-13-23(33-3)21(24(14-20)34-4)7-8-36(30)15-16-5-6-22(32-2)25(9-16)35-26(29)17-10-18(27)12-19(28)11-17/h5-14H,15,27-28H2,1-4H3. The number of ether oxygens (including phenoxy) is 5. The van der Waals surface area contributed by atoms with Crippen LogP contribution in [-0.4, -0.2) is 38.6 Å². The zero-order valence-corrected chi connectivity index (χ0v) is 21.2. The number of hydrogen-bond donors (Lipinski definition) is 2. The highest BCUT2D eigenvalue weighted by molar-refractivity contribution is 7.87. The van der Waals surface area contributed by atoms with Crippen molar-refractivity contribution < 1.29 is 32.7 Å². The lowest BCUT2D eigenvalue weighted by atomic mass is 10.1. The average Bonchev–Trinajstić information content (AvgIpc) is 2.86. The van der Waals surface area contributed by atoms with Crippen LogP contribution in [0, 0.1) is 0 Å². The molecule has 4 N–H and O–H groups in total. The molecule has 190 valence electrons. The molecule has 0 aromatic heterocycles. The smallest absolute Gasteiger partial charge is 0.343 e. The Morgan fingerprint density at radius 1 is 0.806 bits per heavy atom. The zero-order valence-electron chi connectivity index (χ0n) is 20.4. The molecule has 3 rings (SSSR count). The summed E-state index contributed by atoms with van der Waals surface area (Å²) in [6.07, 6.45) is 1.67. The van der Waals surface area contributed by atoms with Gasteiger partial charge in [0, 0.05) is 28.9 Å². The van der Waals surface area contributed by atoms with E-state index in [1.54, 1.807) is 43.5 Å². The van der Waals surface area contributed by atoms with E-state index >= 15 is 0 Å². The largest absolute Gasteiger partial charge is 0.496 e. The van der Waals surface area contributed by atoms with Gasteiger partial charge in [0.25, 0.3) is 0 Å². The van der Waals surface area contributed by atoms with Crippen molar-refractivity contribution in [3.8, 4) is 28.7 Å². The summed E-state index contributed by atoms with van der Waals surface area (Å²) in [5.74, 6) is 1.64. The Balaban J connectivity index is 1.80. The molecule has 0 aliphatic heterocycles. The first-order valence-electron chi connectivity index (χ1n) is 10.7. The summed E-state index contributed by atoms with van der Waals surface area (Å²) in [4.78, 5) is 12.7. The fraction of sp³-hybridized carbons (Fsp3) is 0.192. The average molecular weight is 513 g/mol. The molecule has 0 radical (unpaired) electrons. The molecule has 3 aromatic carbocycles. The Bertz CT molecular complexity index is 1260. The van der Waals surface area contributed by atoms with Gasteiger partial charge in [-0.25, -0.2) is 4.79 Å². The van der Waals surface area contributed by atoms with Crippen LogP contribution < -0.4 is 35.2 Å². The fourth-order valence-corrected chi connectivity index (χ4v) is 4.29. The molecule has 1 unspecified atom stereocenters. The van der Waals surface area contributed by atoms with Crippen molar-refractivity contribution >= 4 is 34.2 Å². The van der Waals surface area contributed by atoms with Crippen LogP contribution >= 0.6 is 0 Å². The second-order valence-corrected chi connectivity index (χ2v) is 8.86. The van der Waals surface area contributed by atoms with Crippen molar-refractivity contribution in [1.82, 2.24) is 0 Å². The van der Waals surface area contributed by atoms with Crippen molar-refractivity contribution in [2.24, 2.45) is 0 Å². The summed E-state index contributed by atoms with van der Waals surface area (Å²) < 4.78 is 39.8. The first-order valence-corrected chi connectivity index (χ1v) is 12.1. The highest BCUT2D eigenvalue weighted by Gasteiger charge is 2.15. The van der Waals surface area contributed by atoms with Gasteiger partial charge in [-0.1, -0.05) is 6.07 Å². The van der Waals surface area contributed by atoms with Gasteiger partial charge in [-0.15, -0.1) is 0 Å². The van der Waals surface area contributed by atoms with Crippen molar-refractivity contribution in [1.29, 1.82) is 0 Å². The lowest BCUT2D eigenvalue weighted by molar-refractivity contribution is 0.0729. The highest BCUT2D eigenvalue weighted by atomic mass is 32.2. The summed E-state index contributed by atoms with van der Waals surface area (Å²) in [6.45, 7) is 0. The maximum atomic E-state index is 12.8. The number of nitrogen functional groups attached to an aromatic ring is 2. The van der Waals surface area contributed by atoms with Crippen molar-refractivity contribution in [3.05, 3.63) is 70.6 Å². The van der Waals surface area contributed by atoms with Gasteiger partial charge >= 0.3 is 5.97 Å². The third kappa shape index (κ3) is 6.48. The van der Waals surface area contributed by atoms with Crippen LogP contribution in [0.15, 0.2) is 53.9 Å². The number of esters is 1. The number of methoxy groups -OCH3 is 4. The first-order chi connectivity index (χ1) is 17.3. The van der Waals surface area contributed by atoms with E-state index in [2.05, 4.69) is 0 Å². The summed E-state index contributed by atoms with van der Waals surface area (Å²) in [5.41, 5.74) is 13.7. The van der Waals surface area contributed by atoms with E-state index in [4.69, 9.17) is 35.2 Å². The third-order valence-electron chi connectivity index (χ3n) is 5.09. The minimum atomic E-state index is -1.41. The minimum Gasteiger partial charge on any atom is -0.496 e. The Hall–Kier alpha value is -4.18. The van der Waals surface area contributed by atoms with E-state index in [1.807, 2.05) is 0 Å². The van der Waals surface area contributed by atoms with Gasteiger partial charge in [0.15, 0.2) is 11.5 Å². The van der Waals surface area contributed by atoms with Gasteiger partial charge in [0.2, 0.25) is 0 Å². The summed E-state index contributed by atoms with van der Waals surface area (Å²) >= 11 is 0. The molecule has 0 saturated carbocycles. The Morgan fingerprint density at radius 3 is 1.97 bits per heavy atom. The monoisotopic (exact) mass is 512 g/mol. The van der Waals surface area contributed by atoms with Crippen LogP contribution in [0.1, 0.15) is 21.5 Å². The van der Waals surface area contributed by atoms with Crippen LogP contribution in [0.2, 0.25) is 0 Å². The van der Waals surface area contributed by atoms with Crippen LogP contribution in [-0.2, 0) is 16.6 Å². The molecule has 3 aromatic rings. The fourth-order valence-electron chi connectivity index (χ4n) is 3.40. The Morgan fingerprint density at radius 2 is 1.42 bits per heavy atom. The van der Waals surface area contributed by atoms with E-state index in [-0.39, 0.29) is 17.1 Å². The lowest BCUT2D eigenvalue weighted by Crippen LogP contribution is -2.10. The van der Waals surface area contributed by atoms with Crippen LogP contribution in [0.5, 0.6) is 28.7 Å². The molecular weight excluding hydrogens is 484 g/mol. The zero-order chi connectivity index (χ0) is 26.2. The Labute approximate surface area is 212 Å². The van der Waals surface area contributed by atoms with Crippen molar-refractivity contribution in [3.63, 3.8) is 0 Å². The van der Waals surface area contributed by atoms with Gasteiger partial charge in [-0.05, 0) is 42.0 Å². The molecule has 10 heteroatoms. The molecule has 1 atom stereocenters. The third-order valence-corrected chi connectivity index (χ3v) is 6.15. The lowest BCUT2D eigenvalue weighted by Gasteiger charge is -2.12. The van der Waals surface area contributed by atoms with E-state index in [0.29, 0.717) is 45.5 Å². The van der Waals surface area contributed by atoms with Crippen LogP contribution in [0.4, 0.5) is 11.4 Å². The first kappa shape index (κ1) is 26.4. The molecule has 0 fully saturated rings. The molecule has 0 spiro atoms. The number of rotatable bonds is 10. The highest BCUT2D eigenvalue weighted by Crippen LogP contribution is 2.35. The topological polar surface area (TPSA) is 132 Å². The molecule has 36 heavy (non-hydrogen) atoms. The predicted molar refractivity (Wildman–Crippen MR) is 140 cm³/mol. The number of anilines is 2. The van der Waals surface area contributed by atoms with Crippen molar-refractivity contribution in [2.45, 2.75) is 5.75 Å². The van der Waals surface area contributed by atoms with Gasteiger partial charge in [-0.3, -0.25) is 4.21 Å².